The van der Waals surface area contributed by atoms with Crippen LogP contribution in [0.4, 0.5) is 16.2 Å². The standard InChI is InChI=1S/C19H22N4O2.HI/c1-20-18(23-12-11-15-5-3-4-6-17(15)23)21-13-14-7-9-16(10-8-14)22-19(24)25-2;/h3-10H,11-13H2,1-2H3,(H,20,21)(H,22,24);1H. The van der Waals surface area contributed by atoms with Gasteiger partial charge in [-0.3, -0.25) is 10.3 Å². The Hall–Kier alpha value is -2.29. The third-order valence-electron chi connectivity index (χ3n) is 4.19. The van der Waals surface area contributed by atoms with Crippen LogP contribution in [0.5, 0.6) is 0 Å². The predicted octanol–water partition coefficient (Wildman–Crippen LogP) is 3.62. The number of hydrogen-bond donors (Lipinski definition) is 2. The molecule has 0 aliphatic carbocycles. The smallest absolute Gasteiger partial charge is 0.411 e. The molecule has 26 heavy (non-hydrogen) atoms. The number of nitrogens with zero attached hydrogens (tertiary/aromatic N) is 2. The van der Waals surface area contributed by atoms with E-state index in [0.29, 0.717) is 12.2 Å². The summed E-state index contributed by atoms with van der Waals surface area (Å²) in [7, 11) is 3.14. The topological polar surface area (TPSA) is 66.0 Å². The van der Waals surface area contributed by atoms with Gasteiger partial charge in [-0.15, -0.1) is 24.0 Å². The number of hydrogen-bond acceptors (Lipinski definition) is 3. The van der Waals surface area contributed by atoms with E-state index in [2.05, 4.69) is 49.5 Å². The fourth-order valence-corrected chi connectivity index (χ4v) is 2.91. The van der Waals surface area contributed by atoms with Gasteiger partial charge in [0.05, 0.1) is 7.11 Å². The van der Waals surface area contributed by atoms with E-state index in [-0.39, 0.29) is 24.0 Å². The maximum absolute atomic E-state index is 11.2. The second-order valence-electron chi connectivity index (χ2n) is 5.74. The number of halogens is 1. The normalized spacial score (nSPS) is 12.8. The molecule has 0 aromatic heterocycles. The van der Waals surface area contributed by atoms with E-state index in [1.165, 1.54) is 18.4 Å². The largest absolute Gasteiger partial charge is 0.453 e. The molecule has 7 heteroatoms. The van der Waals surface area contributed by atoms with E-state index in [4.69, 9.17) is 0 Å². The molecule has 3 rings (SSSR count). The lowest BCUT2D eigenvalue weighted by molar-refractivity contribution is 0.187. The van der Waals surface area contributed by atoms with Crippen molar-refractivity contribution in [2.75, 3.05) is 30.9 Å². The van der Waals surface area contributed by atoms with Crippen molar-refractivity contribution in [1.82, 2.24) is 5.32 Å². The van der Waals surface area contributed by atoms with Crippen LogP contribution in [0.15, 0.2) is 53.5 Å². The van der Waals surface area contributed by atoms with E-state index < -0.39 is 6.09 Å². The van der Waals surface area contributed by atoms with Gasteiger partial charge in [-0.05, 0) is 35.7 Å². The van der Waals surface area contributed by atoms with Crippen molar-refractivity contribution in [2.24, 2.45) is 4.99 Å². The minimum atomic E-state index is -0.473. The summed E-state index contributed by atoms with van der Waals surface area (Å²) in [6.45, 7) is 1.59. The first kappa shape index (κ1) is 20.0. The number of ether oxygens (including phenoxy) is 1. The number of benzene rings is 2. The monoisotopic (exact) mass is 466 g/mol. The van der Waals surface area contributed by atoms with E-state index in [0.717, 1.165) is 24.5 Å². The fraction of sp³-hybridized carbons (Fsp3) is 0.263. The molecule has 0 spiro atoms. The Morgan fingerprint density at radius 3 is 2.62 bits per heavy atom. The summed E-state index contributed by atoms with van der Waals surface area (Å²) in [6.07, 6.45) is 0.559. The molecule has 1 aliphatic heterocycles. The molecule has 0 saturated heterocycles. The van der Waals surface area contributed by atoms with Crippen molar-refractivity contribution < 1.29 is 9.53 Å². The quantitative estimate of drug-likeness (QED) is 0.412. The number of carbonyl (C=O) groups is 1. The number of carbonyl (C=O) groups excluding carboxylic acids is 1. The van der Waals surface area contributed by atoms with Crippen LogP contribution in [0.2, 0.25) is 0 Å². The highest BCUT2D eigenvalue weighted by Gasteiger charge is 2.22. The molecule has 0 unspecified atom stereocenters. The summed E-state index contributed by atoms with van der Waals surface area (Å²) in [4.78, 5) is 17.8. The number of anilines is 2. The Balaban J connectivity index is 0.00000243. The first-order chi connectivity index (χ1) is 12.2. The zero-order chi connectivity index (χ0) is 17.6. The van der Waals surface area contributed by atoms with Gasteiger partial charge >= 0.3 is 6.09 Å². The number of methoxy groups -OCH3 is 1. The van der Waals surface area contributed by atoms with Crippen molar-refractivity contribution in [2.45, 2.75) is 13.0 Å². The van der Waals surface area contributed by atoms with E-state index in [1.54, 1.807) is 7.05 Å². The zero-order valence-electron chi connectivity index (χ0n) is 14.9. The number of rotatable bonds is 3. The minimum absolute atomic E-state index is 0. The van der Waals surface area contributed by atoms with E-state index in [1.807, 2.05) is 24.3 Å². The van der Waals surface area contributed by atoms with E-state index >= 15 is 0 Å². The first-order valence-corrected chi connectivity index (χ1v) is 8.21. The molecular weight excluding hydrogens is 443 g/mol. The van der Waals surface area contributed by atoms with Crippen LogP contribution in [-0.4, -0.2) is 32.8 Å². The van der Waals surface area contributed by atoms with Gasteiger partial charge in [-0.25, -0.2) is 4.79 Å². The molecule has 1 amide bonds. The molecule has 1 heterocycles. The Labute approximate surface area is 170 Å². The molecular formula is C19H23IN4O2. The molecule has 138 valence electrons. The van der Waals surface area contributed by atoms with Crippen LogP contribution in [0, 0.1) is 0 Å². The molecule has 0 atom stereocenters. The molecule has 0 bridgehead atoms. The van der Waals surface area contributed by atoms with E-state index in [9.17, 15) is 4.79 Å². The van der Waals surface area contributed by atoms with Crippen molar-refractivity contribution >= 4 is 47.4 Å². The van der Waals surface area contributed by atoms with Gasteiger partial charge in [0, 0.05) is 31.5 Å². The first-order valence-electron chi connectivity index (χ1n) is 8.21. The molecule has 0 radical (unpaired) electrons. The van der Waals surface area contributed by atoms with Gasteiger partial charge in [0.2, 0.25) is 0 Å². The van der Waals surface area contributed by atoms with Crippen molar-refractivity contribution in [3.63, 3.8) is 0 Å². The van der Waals surface area contributed by atoms with Gasteiger partial charge in [0.25, 0.3) is 0 Å². The molecule has 2 aromatic rings. The summed E-state index contributed by atoms with van der Waals surface area (Å²) >= 11 is 0. The average molecular weight is 466 g/mol. The molecule has 0 saturated carbocycles. The molecule has 2 N–H and O–H groups in total. The van der Waals surface area contributed by atoms with Crippen LogP contribution in [0.25, 0.3) is 0 Å². The average Bonchev–Trinajstić information content (AvgIpc) is 3.08. The Kier molecular flexibility index (Phi) is 7.26. The highest BCUT2D eigenvalue weighted by molar-refractivity contribution is 14.0. The maximum atomic E-state index is 11.2. The summed E-state index contributed by atoms with van der Waals surface area (Å²) in [6, 6.07) is 16.0. The number of guanidine groups is 1. The second kappa shape index (κ2) is 9.42. The molecule has 2 aromatic carbocycles. The molecule has 1 aliphatic rings. The summed E-state index contributed by atoms with van der Waals surface area (Å²) in [5.74, 6) is 0.863. The number of fused-ring (bicyclic) bond motifs is 1. The molecule has 6 nitrogen and oxygen atoms in total. The Morgan fingerprint density at radius 1 is 1.19 bits per heavy atom. The predicted molar refractivity (Wildman–Crippen MR) is 116 cm³/mol. The third-order valence-corrected chi connectivity index (χ3v) is 4.19. The lowest BCUT2D eigenvalue weighted by Crippen LogP contribution is -2.40. The van der Waals surface area contributed by atoms with Crippen molar-refractivity contribution in [3.8, 4) is 0 Å². The number of para-hydroxylation sites is 1. The lowest BCUT2D eigenvalue weighted by Gasteiger charge is -2.22. The van der Waals surface area contributed by atoms with Gasteiger partial charge in [0.1, 0.15) is 0 Å². The van der Waals surface area contributed by atoms with Crippen molar-refractivity contribution in [3.05, 3.63) is 59.7 Å². The van der Waals surface area contributed by atoms with Crippen molar-refractivity contribution in [1.29, 1.82) is 0 Å². The fourth-order valence-electron chi connectivity index (χ4n) is 2.91. The summed E-state index contributed by atoms with van der Waals surface area (Å²) < 4.78 is 4.58. The molecule has 0 fully saturated rings. The number of nitrogens with one attached hydrogen (secondary N) is 2. The van der Waals surface area contributed by atoms with Gasteiger partial charge in [0.15, 0.2) is 5.96 Å². The number of amides is 1. The summed E-state index contributed by atoms with van der Waals surface area (Å²) in [5, 5.41) is 6.04. The SMILES string of the molecule is CN=C(NCc1ccc(NC(=O)OC)cc1)N1CCc2ccccc21.I. The van der Waals surface area contributed by atoms with Crippen LogP contribution >= 0.6 is 24.0 Å². The second-order valence-corrected chi connectivity index (χ2v) is 5.74. The van der Waals surface area contributed by atoms with Gasteiger partial charge in [-0.2, -0.15) is 0 Å². The van der Waals surface area contributed by atoms with Gasteiger partial charge < -0.3 is 15.0 Å². The third kappa shape index (κ3) is 4.66. The van der Waals surface area contributed by atoms with Crippen LogP contribution < -0.4 is 15.5 Å². The highest BCUT2D eigenvalue weighted by Crippen LogP contribution is 2.27. The zero-order valence-corrected chi connectivity index (χ0v) is 17.2. The Bertz CT molecular complexity index is 777. The van der Waals surface area contributed by atoms with Crippen LogP contribution in [0.1, 0.15) is 11.1 Å². The minimum Gasteiger partial charge on any atom is -0.453 e. The highest BCUT2D eigenvalue weighted by atomic mass is 127. The number of aliphatic imine (C=N–C) groups is 1. The Morgan fingerprint density at radius 2 is 1.92 bits per heavy atom. The van der Waals surface area contributed by atoms with Crippen LogP contribution in [0.3, 0.4) is 0 Å². The van der Waals surface area contributed by atoms with Gasteiger partial charge in [-0.1, -0.05) is 30.3 Å². The maximum Gasteiger partial charge on any atom is 0.411 e. The summed E-state index contributed by atoms with van der Waals surface area (Å²) in [5.41, 5.74) is 4.37. The van der Waals surface area contributed by atoms with Crippen LogP contribution in [-0.2, 0) is 17.7 Å². The lowest BCUT2D eigenvalue weighted by atomic mass is 10.2.